The van der Waals surface area contributed by atoms with Gasteiger partial charge in [0.1, 0.15) is 6.61 Å². The molecule has 0 aromatic heterocycles. The van der Waals surface area contributed by atoms with Crippen LogP contribution in [0.4, 0.5) is 0 Å². The Labute approximate surface area is 203 Å². The molecule has 0 bridgehead atoms. The highest BCUT2D eigenvalue weighted by Gasteiger charge is 2.27. The van der Waals surface area contributed by atoms with Crippen molar-refractivity contribution in [3.05, 3.63) is 61.2 Å². The molecule has 0 aliphatic rings. The van der Waals surface area contributed by atoms with Crippen molar-refractivity contribution in [3.63, 3.8) is 0 Å². The van der Waals surface area contributed by atoms with Crippen LogP contribution >= 0.6 is 0 Å². The van der Waals surface area contributed by atoms with Crippen molar-refractivity contribution >= 4 is 17.8 Å². The maximum Gasteiger partial charge on any atom is 0.309 e. The van der Waals surface area contributed by atoms with E-state index in [1.54, 1.807) is 19.1 Å². The Morgan fingerprint density at radius 2 is 1.62 bits per heavy atom. The molecular weight excluding hydrogens is 432 g/mol. The second-order valence-corrected chi connectivity index (χ2v) is 8.98. The van der Waals surface area contributed by atoms with Gasteiger partial charge in [0.15, 0.2) is 0 Å². The first-order valence-corrected chi connectivity index (χ1v) is 11.8. The highest BCUT2D eigenvalue weighted by atomic mass is 16.5. The smallest absolute Gasteiger partial charge is 0.309 e. The third-order valence-electron chi connectivity index (χ3n) is 5.58. The number of esters is 1. The zero-order chi connectivity index (χ0) is 25.5. The van der Waals surface area contributed by atoms with Gasteiger partial charge < -0.3 is 20.5 Å². The second kappa shape index (κ2) is 15.8. The highest BCUT2D eigenvalue weighted by molar-refractivity contribution is 5.86. The highest BCUT2D eigenvalue weighted by Crippen LogP contribution is 2.16. The summed E-state index contributed by atoms with van der Waals surface area (Å²) < 4.78 is 5.61. The van der Waals surface area contributed by atoms with E-state index >= 15 is 0 Å². The molecule has 34 heavy (non-hydrogen) atoms. The zero-order valence-corrected chi connectivity index (χ0v) is 20.7. The molecule has 0 aliphatic carbocycles. The van der Waals surface area contributed by atoms with Crippen molar-refractivity contribution < 1.29 is 24.2 Å². The molecular formula is C27H40N2O5. The van der Waals surface area contributed by atoms with Crippen LogP contribution in [-0.4, -0.2) is 48.2 Å². The second-order valence-electron chi connectivity index (χ2n) is 8.98. The van der Waals surface area contributed by atoms with Gasteiger partial charge in [0.2, 0.25) is 11.8 Å². The van der Waals surface area contributed by atoms with E-state index in [-0.39, 0.29) is 55.3 Å². The lowest BCUT2D eigenvalue weighted by Crippen LogP contribution is -2.46. The number of aliphatic hydroxyl groups is 1. The number of nitrogens with one attached hydrogen (secondary N) is 2. The van der Waals surface area contributed by atoms with E-state index in [0.29, 0.717) is 19.3 Å². The summed E-state index contributed by atoms with van der Waals surface area (Å²) in [5.41, 5.74) is 1.04. The van der Waals surface area contributed by atoms with Crippen LogP contribution in [0.1, 0.15) is 45.6 Å². The van der Waals surface area contributed by atoms with Crippen LogP contribution in [0.2, 0.25) is 0 Å². The molecule has 1 aromatic carbocycles. The van der Waals surface area contributed by atoms with Crippen molar-refractivity contribution in [1.82, 2.24) is 10.6 Å². The van der Waals surface area contributed by atoms with Crippen LogP contribution < -0.4 is 10.6 Å². The molecule has 7 nitrogen and oxygen atoms in total. The van der Waals surface area contributed by atoms with Crippen LogP contribution in [0.5, 0.6) is 0 Å². The zero-order valence-electron chi connectivity index (χ0n) is 20.7. The van der Waals surface area contributed by atoms with E-state index in [9.17, 15) is 14.4 Å². The molecule has 1 aromatic rings. The summed E-state index contributed by atoms with van der Waals surface area (Å²) in [4.78, 5) is 37.9. The fraction of sp³-hybridized carbons (Fsp3) is 0.519. The Bertz CT molecular complexity index is 793. The van der Waals surface area contributed by atoms with Crippen LogP contribution in [-0.2, 0) is 25.5 Å². The lowest BCUT2D eigenvalue weighted by atomic mass is 9.96. The fourth-order valence-corrected chi connectivity index (χ4v) is 3.44. The number of amides is 2. The summed E-state index contributed by atoms with van der Waals surface area (Å²) in [5, 5.41) is 14.7. The summed E-state index contributed by atoms with van der Waals surface area (Å²) >= 11 is 0. The molecule has 0 saturated carbocycles. The summed E-state index contributed by atoms with van der Waals surface area (Å²) in [6.45, 7) is 12.8. The maximum atomic E-state index is 12.9. The summed E-state index contributed by atoms with van der Waals surface area (Å²) in [7, 11) is 0. The molecule has 7 heteroatoms. The number of aliphatic hydroxyl groups excluding tert-OH is 1. The van der Waals surface area contributed by atoms with Gasteiger partial charge in [-0.1, -0.05) is 56.3 Å². The van der Waals surface area contributed by atoms with Gasteiger partial charge >= 0.3 is 5.97 Å². The number of carbonyl (C=O) groups is 3. The van der Waals surface area contributed by atoms with Crippen molar-refractivity contribution in [2.24, 2.45) is 17.8 Å². The number of hydrogen-bond donors (Lipinski definition) is 3. The first-order valence-electron chi connectivity index (χ1n) is 11.8. The van der Waals surface area contributed by atoms with Gasteiger partial charge in [-0.2, -0.15) is 0 Å². The van der Waals surface area contributed by atoms with Gasteiger partial charge in [-0.05, 0) is 37.7 Å². The number of carbonyl (C=O) groups excluding carboxylic acids is 3. The van der Waals surface area contributed by atoms with E-state index in [1.807, 2.05) is 44.2 Å². The van der Waals surface area contributed by atoms with E-state index in [2.05, 4.69) is 23.8 Å². The van der Waals surface area contributed by atoms with Crippen LogP contribution in [0.25, 0.3) is 0 Å². The number of allylic oxidation sites excluding steroid dienone is 2. The monoisotopic (exact) mass is 472 g/mol. The van der Waals surface area contributed by atoms with Crippen molar-refractivity contribution in [3.8, 4) is 0 Å². The third-order valence-corrected chi connectivity index (χ3v) is 5.58. The summed E-state index contributed by atoms with van der Waals surface area (Å²) in [6, 6.07) is 8.94. The number of rotatable bonds is 16. The minimum atomic E-state index is -0.605. The molecule has 1 rings (SSSR count). The van der Waals surface area contributed by atoms with Gasteiger partial charge in [0.05, 0.1) is 24.5 Å². The van der Waals surface area contributed by atoms with E-state index in [0.717, 1.165) is 5.56 Å². The standard InChI is InChI=1S/C27H40N2O5/c1-6-11-22(16-25(31)28-20(5)17-30)26(32)29-24(19(3)4)18-34-27(33)23(12-7-2)15-21-13-9-8-10-14-21/h6-10,13-14,19-20,22-24,30H,1-2,11-12,15-18H2,3-5H3,(H,28,31)(H,29,32)/t20-,22+,23+,24-/m1/s1. The lowest BCUT2D eigenvalue weighted by molar-refractivity contribution is -0.150. The molecule has 0 saturated heterocycles. The summed E-state index contributed by atoms with van der Waals surface area (Å²) in [6.07, 6.45) is 4.66. The number of hydrogen-bond acceptors (Lipinski definition) is 5. The van der Waals surface area contributed by atoms with E-state index in [1.165, 1.54) is 0 Å². The molecule has 0 spiro atoms. The number of ether oxygens (including phenoxy) is 1. The molecule has 2 amide bonds. The largest absolute Gasteiger partial charge is 0.463 e. The lowest BCUT2D eigenvalue weighted by Gasteiger charge is -2.26. The molecule has 0 radical (unpaired) electrons. The molecule has 0 aliphatic heterocycles. The van der Waals surface area contributed by atoms with Crippen LogP contribution in [0.15, 0.2) is 55.6 Å². The number of benzene rings is 1. The quantitative estimate of drug-likeness (QED) is 0.253. The van der Waals surface area contributed by atoms with Gasteiger partial charge in [-0.15, -0.1) is 13.2 Å². The minimum absolute atomic E-state index is 0.0105. The van der Waals surface area contributed by atoms with E-state index < -0.39 is 12.0 Å². The first-order chi connectivity index (χ1) is 16.2. The van der Waals surface area contributed by atoms with Crippen molar-refractivity contribution in [2.75, 3.05) is 13.2 Å². The molecule has 0 unspecified atom stereocenters. The van der Waals surface area contributed by atoms with Gasteiger partial charge in [0.25, 0.3) is 0 Å². The fourth-order valence-electron chi connectivity index (χ4n) is 3.44. The van der Waals surface area contributed by atoms with Gasteiger partial charge in [-0.25, -0.2) is 0 Å². The Morgan fingerprint density at radius 3 is 2.18 bits per heavy atom. The molecule has 0 fully saturated rings. The minimum Gasteiger partial charge on any atom is -0.463 e. The van der Waals surface area contributed by atoms with Gasteiger partial charge in [0, 0.05) is 12.5 Å². The first kappa shape index (κ1) is 29.1. The topological polar surface area (TPSA) is 105 Å². The third kappa shape index (κ3) is 10.8. The normalized spacial score (nSPS) is 14.4. The Morgan fingerprint density at radius 1 is 1.00 bits per heavy atom. The molecule has 3 N–H and O–H groups in total. The Balaban J connectivity index is 2.75. The molecule has 4 atom stereocenters. The molecule has 0 heterocycles. The van der Waals surface area contributed by atoms with Gasteiger partial charge in [-0.3, -0.25) is 14.4 Å². The predicted octanol–water partition coefficient (Wildman–Crippen LogP) is 3.18. The SMILES string of the molecule is C=CC[C@@H](CC(=O)N[C@H](C)CO)C(=O)N[C@H](COC(=O)[C@@H](CC=C)Cc1ccccc1)C(C)C. The average molecular weight is 473 g/mol. The Kier molecular flexibility index (Phi) is 13.5. The van der Waals surface area contributed by atoms with E-state index in [4.69, 9.17) is 9.84 Å². The van der Waals surface area contributed by atoms with Crippen LogP contribution in [0, 0.1) is 17.8 Å². The predicted molar refractivity (Wildman–Crippen MR) is 134 cm³/mol. The van der Waals surface area contributed by atoms with Crippen molar-refractivity contribution in [1.29, 1.82) is 0 Å². The Hall–Kier alpha value is -2.93. The van der Waals surface area contributed by atoms with Crippen LogP contribution in [0.3, 0.4) is 0 Å². The molecule has 188 valence electrons. The maximum absolute atomic E-state index is 12.9. The van der Waals surface area contributed by atoms with Crippen molar-refractivity contribution in [2.45, 2.75) is 58.5 Å². The summed E-state index contributed by atoms with van der Waals surface area (Å²) in [5.74, 6) is -1.89. The average Bonchev–Trinajstić information content (AvgIpc) is 2.81.